The van der Waals surface area contributed by atoms with E-state index in [0.717, 1.165) is 0 Å². The molecule has 2 amide bonds. The van der Waals surface area contributed by atoms with Crippen LogP contribution in [0.15, 0.2) is 24.3 Å². The fourth-order valence-corrected chi connectivity index (χ4v) is 2.34. The van der Waals surface area contributed by atoms with Crippen LogP contribution in [0.3, 0.4) is 0 Å². The lowest BCUT2D eigenvalue weighted by atomic mass is 10.1. The SMILES string of the molecule is CC1OCC(C)(C)N1C(=O)Nc1cccc(Cl)c1. The third kappa shape index (κ3) is 2.60. The Labute approximate surface area is 112 Å². The Balaban J connectivity index is 2.13. The summed E-state index contributed by atoms with van der Waals surface area (Å²) >= 11 is 5.88. The smallest absolute Gasteiger partial charge is 0.324 e. The van der Waals surface area contributed by atoms with Gasteiger partial charge in [-0.1, -0.05) is 17.7 Å². The topological polar surface area (TPSA) is 41.6 Å². The summed E-state index contributed by atoms with van der Waals surface area (Å²) in [7, 11) is 0. The monoisotopic (exact) mass is 268 g/mol. The summed E-state index contributed by atoms with van der Waals surface area (Å²) < 4.78 is 5.50. The van der Waals surface area contributed by atoms with Crippen LogP contribution in [0.1, 0.15) is 20.8 Å². The number of amides is 2. The highest BCUT2D eigenvalue weighted by atomic mass is 35.5. The van der Waals surface area contributed by atoms with Gasteiger partial charge < -0.3 is 10.1 Å². The average molecular weight is 269 g/mol. The van der Waals surface area contributed by atoms with Gasteiger partial charge in [0.1, 0.15) is 6.23 Å². The normalized spacial score (nSPS) is 22.0. The van der Waals surface area contributed by atoms with Crippen molar-refractivity contribution >= 4 is 23.3 Å². The van der Waals surface area contributed by atoms with Gasteiger partial charge >= 0.3 is 6.03 Å². The minimum Gasteiger partial charge on any atom is -0.356 e. The van der Waals surface area contributed by atoms with Gasteiger partial charge in [-0.15, -0.1) is 0 Å². The van der Waals surface area contributed by atoms with Crippen molar-refractivity contribution in [3.05, 3.63) is 29.3 Å². The summed E-state index contributed by atoms with van der Waals surface area (Å²) in [6.45, 7) is 6.37. The van der Waals surface area contributed by atoms with Crippen LogP contribution in [-0.4, -0.2) is 29.3 Å². The lowest BCUT2D eigenvalue weighted by Crippen LogP contribution is -2.49. The molecule has 0 spiro atoms. The number of hydrogen-bond donors (Lipinski definition) is 1. The van der Waals surface area contributed by atoms with E-state index < -0.39 is 0 Å². The molecule has 1 aromatic carbocycles. The van der Waals surface area contributed by atoms with Gasteiger partial charge in [0.15, 0.2) is 0 Å². The summed E-state index contributed by atoms with van der Waals surface area (Å²) in [4.78, 5) is 13.9. The Bertz CT molecular complexity index is 462. The summed E-state index contributed by atoms with van der Waals surface area (Å²) in [5, 5.41) is 3.43. The Morgan fingerprint density at radius 3 is 2.83 bits per heavy atom. The van der Waals surface area contributed by atoms with Gasteiger partial charge in [0.05, 0.1) is 12.1 Å². The van der Waals surface area contributed by atoms with Crippen molar-refractivity contribution in [1.29, 1.82) is 0 Å². The Morgan fingerprint density at radius 2 is 2.28 bits per heavy atom. The van der Waals surface area contributed by atoms with Gasteiger partial charge in [0, 0.05) is 10.7 Å². The van der Waals surface area contributed by atoms with E-state index in [1.165, 1.54) is 0 Å². The van der Waals surface area contributed by atoms with Gasteiger partial charge in [0.25, 0.3) is 0 Å². The molecule has 0 bridgehead atoms. The zero-order valence-electron chi connectivity index (χ0n) is 10.7. The van der Waals surface area contributed by atoms with Gasteiger partial charge in [-0.25, -0.2) is 4.79 Å². The number of carbonyl (C=O) groups is 1. The van der Waals surface area contributed by atoms with Gasteiger partial charge in [0.2, 0.25) is 0 Å². The Morgan fingerprint density at radius 1 is 1.56 bits per heavy atom. The fraction of sp³-hybridized carbons (Fsp3) is 0.462. The zero-order chi connectivity index (χ0) is 13.3. The second-order valence-electron chi connectivity index (χ2n) is 5.03. The first-order valence-electron chi connectivity index (χ1n) is 5.88. The number of ether oxygens (including phenoxy) is 1. The number of halogens is 1. The first kappa shape index (κ1) is 13.2. The van der Waals surface area contributed by atoms with Crippen LogP contribution in [-0.2, 0) is 4.74 Å². The molecule has 1 saturated heterocycles. The molecular weight excluding hydrogens is 252 g/mol. The van der Waals surface area contributed by atoms with Gasteiger partial charge in [-0.05, 0) is 39.0 Å². The number of hydrogen-bond acceptors (Lipinski definition) is 2. The third-order valence-corrected chi connectivity index (χ3v) is 3.22. The van der Waals surface area contributed by atoms with Crippen molar-refractivity contribution in [3.63, 3.8) is 0 Å². The summed E-state index contributed by atoms with van der Waals surface area (Å²) in [5.41, 5.74) is 0.379. The summed E-state index contributed by atoms with van der Waals surface area (Å²) in [5.74, 6) is 0. The van der Waals surface area contributed by atoms with Crippen molar-refractivity contribution in [3.8, 4) is 0 Å². The molecule has 1 fully saturated rings. The average Bonchev–Trinajstić information content (AvgIpc) is 2.52. The largest absolute Gasteiger partial charge is 0.356 e. The highest BCUT2D eigenvalue weighted by Crippen LogP contribution is 2.27. The third-order valence-electron chi connectivity index (χ3n) is 2.99. The maximum Gasteiger partial charge on any atom is 0.324 e. The first-order chi connectivity index (χ1) is 8.40. The number of carbonyl (C=O) groups excluding carboxylic acids is 1. The summed E-state index contributed by atoms with van der Waals surface area (Å²) in [6.07, 6.45) is -0.223. The maximum atomic E-state index is 12.2. The van der Waals surface area contributed by atoms with Crippen LogP contribution in [0.5, 0.6) is 0 Å². The van der Waals surface area contributed by atoms with Crippen molar-refractivity contribution in [2.75, 3.05) is 11.9 Å². The van der Waals surface area contributed by atoms with E-state index in [4.69, 9.17) is 16.3 Å². The molecule has 1 aliphatic rings. The highest BCUT2D eigenvalue weighted by molar-refractivity contribution is 6.30. The molecule has 1 atom stereocenters. The van der Waals surface area contributed by atoms with Crippen molar-refractivity contribution < 1.29 is 9.53 Å². The Hall–Kier alpha value is -1.26. The second kappa shape index (κ2) is 4.78. The number of urea groups is 1. The lowest BCUT2D eigenvalue weighted by Gasteiger charge is -2.32. The fourth-order valence-electron chi connectivity index (χ4n) is 2.15. The molecule has 0 aliphatic carbocycles. The molecule has 1 heterocycles. The molecule has 2 rings (SSSR count). The van der Waals surface area contributed by atoms with E-state index in [1.54, 1.807) is 29.2 Å². The molecule has 1 aromatic rings. The van der Waals surface area contributed by atoms with Crippen LogP contribution in [0.2, 0.25) is 5.02 Å². The molecule has 1 N–H and O–H groups in total. The molecule has 18 heavy (non-hydrogen) atoms. The van der Waals surface area contributed by atoms with Crippen LogP contribution in [0.4, 0.5) is 10.5 Å². The van der Waals surface area contributed by atoms with Crippen LogP contribution < -0.4 is 5.32 Å². The quantitative estimate of drug-likeness (QED) is 0.849. The predicted molar refractivity (Wildman–Crippen MR) is 71.8 cm³/mol. The number of benzene rings is 1. The molecule has 1 unspecified atom stereocenters. The molecule has 0 aromatic heterocycles. The van der Waals surface area contributed by atoms with E-state index in [2.05, 4.69) is 5.32 Å². The second-order valence-corrected chi connectivity index (χ2v) is 5.47. The van der Waals surface area contributed by atoms with Crippen molar-refractivity contribution in [2.45, 2.75) is 32.5 Å². The molecule has 98 valence electrons. The first-order valence-corrected chi connectivity index (χ1v) is 6.25. The number of anilines is 1. The van der Waals surface area contributed by atoms with Gasteiger partial charge in [-0.2, -0.15) is 0 Å². The lowest BCUT2D eigenvalue weighted by molar-refractivity contribution is 0.0651. The molecule has 0 radical (unpaired) electrons. The zero-order valence-corrected chi connectivity index (χ0v) is 11.5. The van der Waals surface area contributed by atoms with E-state index >= 15 is 0 Å². The molecule has 0 saturated carbocycles. The van der Waals surface area contributed by atoms with E-state index in [1.807, 2.05) is 20.8 Å². The van der Waals surface area contributed by atoms with Crippen LogP contribution >= 0.6 is 11.6 Å². The minimum absolute atomic E-state index is 0.174. The standard InChI is InChI=1S/C13H17ClN2O2/c1-9-16(13(2,3)8-18-9)12(17)15-11-6-4-5-10(14)7-11/h4-7,9H,8H2,1-3H3,(H,15,17). The number of nitrogens with zero attached hydrogens (tertiary/aromatic N) is 1. The van der Waals surface area contributed by atoms with Gasteiger partial charge in [-0.3, -0.25) is 4.90 Å². The minimum atomic E-state index is -0.303. The molecule has 4 nitrogen and oxygen atoms in total. The van der Waals surface area contributed by atoms with Crippen LogP contribution in [0.25, 0.3) is 0 Å². The van der Waals surface area contributed by atoms with E-state index in [-0.39, 0.29) is 17.8 Å². The Kier molecular flexibility index (Phi) is 3.50. The van der Waals surface area contributed by atoms with Crippen LogP contribution in [0, 0.1) is 0 Å². The van der Waals surface area contributed by atoms with Crippen molar-refractivity contribution in [2.24, 2.45) is 0 Å². The number of rotatable bonds is 1. The van der Waals surface area contributed by atoms with E-state index in [9.17, 15) is 4.79 Å². The van der Waals surface area contributed by atoms with Crippen molar-refractivity contribution in [1.82, 2.24) is 4.90 Å². The molecule has 5 heteroatoms. The molecular formula is C13H17ClN2O2. The predicted octanol–water partition coefficient (Wildman–Crippen LogP) is 3.33. The number of nitrogens with one attached hydrogen (secondary N) is 1. The van der Waals surface area contributed by atoms with E-state index in [0.29, 0.717) is 17.3 Å². The highest BCUT2D eigenvalue weighted by Gasteiger charge is 2.41. The molecule has 1 aliphatic heterocycles. The maximum absolute atomic E-state index is 12.2. The summed E-state index contributed by atoms with van der Waals surface area (Å²) in [6, 6.07) is 6.91.